The summed E-state index contributed by atoms with van der Waals surface area (Å²) >= 11 is 0. The Hall–Kier alpha value is -1.59. The average molecular weight is 335 g/mol. The van der Waals surface area contributed by atoms with Gasteiger partial charge in [0.25, 0.3) is 0 Å². The molecule has 1 N–H and O–H groups in total. The van der Waals surface area contributed by atoms with E-state index in [0.29, 0.717) is 6.61 Å². The third-order valence-electron chi connectivity index (χ3n) is 4.01. The monoisotopic (exact) mass is 335 g/mol. The maximum absolute atomic E-state index is 12.3. The van der Waals surface area contributed by atoms with Crippen molar-refractivity contribution < 1.29 is 19.0 Å². The fraction of sp³-hybridized carbons (Fsp3) is 0.632. The molecule has 0 aliphatic carbocycles. The van der Waals surface area contributed by atoms with Gasteiger partial charge >= 0.3 is 0 Å². The predicted molar refractivity (Wildman–Crippen MR) is 93.2 cm³/mol. The van der Waals surface area contributed by atoms with Crippen LogP contribution in [0.25, 0.3) is 0 Å². The van der Waals surface area contributed by atoms with E-state index in [0.717, 1.165) is 30.8 Å². The Labute approximate surface area is 144 Å². The fourth-order valence-electron chi connectivity index (χ4n) is 2.65. The van der Waals surface area contributed by atoms with Crippen LogP contribution in [0.5, 0.6) is 5.75 Å². The van der Waals surface area contributed by atoms with Gasteiger partial charge in [-0.05, 0) is 58.2 Å². The van der Waals surface area contributed by atoms with Gasteiger partial charge in [-0.2, -0.15) is 0 Å². The highest BCUT2D eigenvalue weighted by Crippen LogP contribution is 2.20. The van der Waals surface area contributed by atoms with Crippen molar-refractivity contribution in [2.24, 2.45) is 0 Å². The van der Waals surface area contributed by atoms with E-state index in [1.807, 2.05) is 45.0 Å². The highest BCUT2D eigenvalue weighted by atomic mass is 16.5. The van der Waals surface area contributed by atoms with Crippen LogP contribution in [0, 0.1) is 0 Å². The van der Waals surface area contributed by atoms with Crippen molar-refractivity contribution >= 4 is 5.91 Å². The first-order chi connectivity index (χ1) is 11.5. The van der Waals surface area contributed by atoms with Gasteiger partial charge in [0.2, 0.25) is 5.91 Å². The summed E-state index contributed by atoms with van der Waals surface area (Å²) in [6.45, 7) is 8.98. The lowest BCUT2D eigenvalue weighted by Crippen LogP contribution is -2.37. The summed E-state index contributed by atoms with van der Waals surface area (Å²) in [4.78, 5) is 12.3. The van der Waals surface area contributed by atoms with E-state index in [4.69, 9.17) is 14.2 Å². The van der Waals surface area contributed by atoms with Crippen molar-refractivity contribution in [3.63, 3.8) is 0 Å². The number of carbonyl (C=O) groups excluding carboxylic acids is 1. The van der Waals surface area contributed by atoms with Gasteiger partial charge in [-0.15, -0.1) is 0 Å². The van der Waals surface area contributed by atoms with Gasteiger partial charge in [0.05, 0.1) is 24.9 Å². The number of benzene rings is 1. The summed E-state index contributed by atoms with van der Waals surface area (Å²) in [6.07, 6.45) is 1.83. The number of rotatable bonds is 8. The molecule has 1 aromatic carbocycles. The third kappa shape index (κ3) is 5.80. The minimum absolute atomic E-state index is 0.109. The van der Waals surface area contributed by atoms with Crippen LogP contribution in [-0.4, -0.2) is 37.4 Å². The van der Waals surface area contributed by atoms with Crippen LogP contribution in [0.4, 0.5) is 0 Å². The molecule has 1 aliphatic rings. The molecule has 0 bridgehead atoms. The Morgan fingerprint density at radius 1 is 1.33 bits per heavy atom. The van der Waals surface area contributed by atoms with E-state index < -0.39 is 6.10 Å². The van der Waals surface area contributed by atoms with Gasteiger partial charge in [-0.3, -0.25) is 4.79 Å². The SMILES string of the molecule is CC(C)Oc1cccc([C@H](C)NC(=O)[C@H](C)OC[C@@H]2CCCO2)c1. The van der Waals surface area contributed by atoms with Crippen molar-refractivity contribution in [3.05, 3.63) is 29.8 Å². The zero-order valence-electron chi connectivity index (χ0n) is 15.1. The number of amides is 1. The molecule has 134 valence electrons. The Morgan fingerprint density at radius 3 is 2.79 bits per heavy atom. The minimum Gasteiger partial charge on any atom is -0.491 e. The zero-order valence-corrected chi connectivity index (χ0v) is 15.1. The molecule has 1 aromatic rings. The molecule has 0 aromatic heterocycles. The van der Waals surface area contributed by atoms with Crippen molar-refractivity contribution in [2.75, 3.05) is 13.2 Å². The second-order valence-corrected chi connectivity index (χ2v) is 6.58. The fourth-order valence-corrected chi connectivity index (χ4v) is 2.65. The number of hydrogen-bond donors (Lipinski definition) is 1. The maximum atomic E-state index is 12.3. The van der Waals surface area contributed by atoms with E-state index in [1.54, 1.807) is 6.92 Å². The molecule has 0 unspecified atom stereocenters. The Kier molecular flexibility index (Phi) is 7.06. The molecule has 5 heteroatoms. The molecule has 1 amide bonds. The molecular formula is C19H29NO4. The summed E-state index contributed by atoms with van der Waals surface area (Å²) in [5, 5.41) is 2.99. The molecule has 24 heavy (non-hydrogen) atoms. The first kappa shape index (κ1) is 18.7. The Bertz CT molecular complexity index is 526. The number of hydrogen-bond acceptors (Lipinski definition) is 4. The lowest BCUT2D eigenvalue weighted by molar-refractivity contribution is -0.134. The summed E-state index contributed by atoms with van der Waals surface area (Å²) < 4.78 is 16.8. The molecule has 0 saturated carbocycles. The van der Waals surface area contributed by atoms with Crippen LogP contribution in [0.3, 0.4) is 0 Å². The highest BCUT2D eigenvalue weighted by Gasteiger charge is 2.21. The molecule has 1 saturated heterocycles. The van der Waals surface area contributed by atoms with Crippen LogP contribution >= 0.6 is 0 Å². The molecule has 0 radical (unpaired) electrons. The van der Waals surface area contributed by atoms with E-state index in [2.05, 4.69) is 5.32 Å². The molecule has 1 heterocycles. The molecular weight excluding hydrogens is 306 g/mol. The standard InChI is InChI=1S/C19H29NO4/c1-13(2)24-17-8-5-7-16(11-17)14(3)20-19(21)15(4)23-12-18-9-6-10-22-18/h5,7-8,11,13-15,18H,6,9-10,12H2,1-4H3,(H,20,21)/t14-,15-,18-/m0/s1. The van der Waals surface area contributed by atoms with Gasteiger partial charge in [0.15, 0.2) is 0 Å². The van der Waals surface area contributed by atoms with Gasteiger partial charge in [-0.25, -0.2) is 0 Å². The smallest absolute Gasteiger partial charge is 0.249 e. The van der Waals surface area contributed by atoms with Crippen molar-refractivity contribution in [1.82, 2.24) is 5.32 Å². The largest absolute Gasteiger partial charge is 0.491 e. The highest BCUT2D eigenvalue weighted by molar-refractivity contribution is 5.80. The van der Waals surface area contributed by atoms with Crippen LogP contribution < -0.4 is 10.1 Å². The summed E-state index contributed by atoms with van der Waals surface area (Å²) in [5.41, 5.74) is 1.01. The topological polar surface area (TPSA) is 56.8 Å². The Morgan fingerprint density at radius 2 is 2.12 bits per heavy atom. The lowest BCUT2D eigenvalue weighted by atomic mass is 10.1. The van der Waals surface area contributed by atoms with Crippen molar-refractivity contribution in [1.29, 1.82) is 0 Å². The van der Waals surface area contributed by atoms with Gasteiger partial charge in [-0.1, -0.05) is 12.1 Å². The molecule has 3 atom stereocenters. The summed E-state index contributed by atoms with van der Waals surface area (Å²) in [6, 6.07) is 7.69. The van der Waals surface area contributed by atoms with Gasteiger partial charge < -0.3 is 19.5 Å². The molecule has 0 spiro atoms. The molecule has 1 aliphatic heterocycles. The molecule has 1 fully saturated rings. The van der Waals surface area contributed by atoms with E-state index in [9.17, 15) is 4.79 Å². The maximum Gasteiger partial charge on any atom is 0.249 e. The molecule has 2 rings (SSSR count). The average Bonchev–Trinajstić information content (AvgIpc) is 3.05. The van der Waals surface area contributed by atoms with Gasteiger partial charge in [0, 0.05) is 6.61 Å². The van der Waals surface area contributed by atoms with Crippen molar-refractivity contribution in [2.45, 2.75) is 64.9 Å². The Balaban J connectivity index is 1.83. The lowest BCUT2D eigenvalue weighted by Gasteiger charge is -2.20. The van der Waals surface area contributed by atoms with Crippen molar-refractivity contribution in [3.8, 4) is 5.75 Å². The van der Waals surface area contributed by atoms with Crippen LogP contribution in [0.15, 0.2) is 24.3 Å². The second kappa shape index (κ2) is 9.04. The van der Waals surface area contributed by atoms with Crippen LogP contribution in [0.1, 0.15) is 52.1 Å². The number of nitrogens with one attached hydrogen (secondary N) is 1. The first-order valence-corrected chi connectivity index (χ1v) is 8.76. The normalized spacial score (nSPS) is 20.0. The zero-order chi connectivity index (χ0) is 17.5. The predicted octanol–water partition coefficient (Wildman–Crippen LogP) is 3.24. The first-order valence-electron chi connectivity index (χ1n) is 8.76. The van der Waals surface area contributed by atoms with Gasteiger partial charge in [0.1, 0.15) is 11.9 Å². The minimum atomic E-state index is -0.494. The quantitative estimate of drug-likeness (QED) is 0.792. The van der Waals surface area contributed by atoms with E-state index in [1.165, 1.54) is 0 Å². The van der Waals surface area contributed by atoms with Crippen LogP contribution in [-0.2, 0) is 14.3 Å². The third-order valence-corrected chi connectivity index (χ3v) is 4.01. The molecule has 5 nitrogen and oxygen atoms in total. The summed E-state index contributed by atoms with van der Waals surface area (Å²) in [5.74, 6) is 0.696. The van der Waals surface area contributed by atoms with E-state index >= 15 is 0 Å². The second-order valence-electron chi connectivity index (χ2n) is 6.58. The number of ether oxygens (including phenoxy) is 3. The van der Waals surface area contributed by atoms with Crippen LogP contribution in [0.2, 0.25) is 0 Å². The summed E-state index contributed by atoms with van der Waals surface area (Å²) in [7, 11) is 0. The van der Waals surface area contributed by atoms with E-state index in [-0.39, 0.29) is 24.2 Å². The number of carbonyl (C=O) groups is 1.